The lowest BCUT2D eigenvalue weighted by Crippen LogP contribution is -2.46. The smallest absolute Gasteiger partial charge is 0.416 e. The predicted molar refractivity (Wildman–Crippen MR) is 143 cm³/mol. The molecule has 3 heterocycles. The molecule has 7 nitrogen and oxygen atoms in total. The number of thiophene rings is 1. The second-order valence-corrected chi connectivity index (χ2v) is 10.9. The summed E-state index contributed by atoms with van der Waals surface area (Å²) in [4.78, 5) is 43.4. The lowest BCUT2D eigenvalue weighted by molar-refractivity contribution is -0.152. The number of alkyl halides is 3. The van der Waals surface area contributed by atoms with Gasteiger partial charge in [-0.05, 0) is 60.7 Å². The number of ketones is 1. The molecule has 3 aliphatic rings. The van der Waals surface area contributed by atoms with Crippen molar-refractivity contribution in [3.05, 3.63) is 87.3 Å². The van der Waals surface area contributed by atoms with Gasteiger partial charge in [-0.1, -0.05) is 18.2 Å². The number of nitrogens with zero attached hydrogens (tertiary/aromatic N) is 1. The van der Waals surface area contributed by atoms with E-state index in [4.69, 9.17) is 14.2 Å². The van der Waals surface area contributed by atoms with Crippen molar-refractivity contribution < 1.29 is 41.8 Å². The van der Waals surface area contributed by atoms with Crippen LogP contribution >= 0.6 is 11.3 Å². The third kappa shape index (κ3) is 4.77. The first kappa shape index (κ1) is 27.1. The van der Waals surface area contributed by atoms with E-state index in [1.54, 1.807) is 37.3 Å². The van der Waals surface area contributed by atoms with E-state index in [1.807, 2.05) is 5.38 Å². The number of carbonyl (C=O) groups excluding carboxylic acids is 3. The van der Waals surface area contributed by atoms with Crippen LogP contribution < -0.4 is 14.4 Å². The van der Waals surface area contributed by atoms with Gasteiger partial charge in [0, 0.05) is 40.1 Å². The molecule has 0 N–H and O–H groups in total. The Labute approximate surface area is 237 Å². The summed E-state index contributed by atoms with van der Waals surface area (Å²) in [5.74, 6) is -3.23. The molecule has 1 amide bonds. The average molecular weight is 584 g/mol. The third-order valence-corrected chi connectivity index (χ3v) is 8.61. The molecule has 3 aromatic rings. The highest BCUT2D eigenvalue weighted by molar-refractivity contribution is 7.10. The lowest BCUT2D eigenvalue weighted by atomic mass is 9.69. The number of halogens is 3. The molecule has 0 fully saturated rings. The molecule has 2 aromatic carbocycles. The van der Waals surface area contributed by atoms with Crippen molar-refractivity contribution >= 4 is 34.7 Å². The highest BCUT2D eigenvalue weighted by Gasteiger charge is 2.50. The van der Waals surface area contributed by atoms with Crippen molar-refractivity contribution in [3.63, 3.8) is 0 Å². The summed E-state index contributed by atoms with van der Waals surface area (Å²) in [5.41, 5.74) is 0.196. The van der Waals surface area contributed by atoms with E-state index in [9.17, 15) is 27.6 Å². The standard InChI is InChI=1S/C30H24F3NO6S/c1-2-38-29(37)27-20(24-7-4-10-41-24)13-21-26(28(27)36)19(16-8-9-22-23(11-16)40-15-39-22)14-25(35)34(21)18-6-3-5-17(12-18)30(31,32)33/h3-12,19-20,27H,2,13-15H2,1H3/t19-,20+,27+/m1/s1. The van der Waals surface area contributed by atoms with Crippen LogP contribution in [0.1, 0.15) is 47.6 Å². The summed E-state index contributed by atoms with van der Waals surface area (Å²) >= 11 is 1.36. The van der Waals surface area contributed by atoms with Crippen LogP contribution in [-0.4, -0.2) is 31.1 Å². The minimum Gasteiger partial charge on any atom is -0.465 e. The second kappa shape index (κ2) is 10.4. The summed E-state index contributed by atoms with van der Waals surface area (Å²) in [6.45, 7) is 1.76. The molecule has 1 aromatic heterocycles. The zero-order chi connectivity index (χ0) is 28.9. The number of hydrogen-bond donors (Lipinski definition) is 0. The molecule has 1 aliphatic carbocycles. The Balaban J connectivity index is 1.55. The number of ether oxygens (including phenoxy) is 3. The maximum atomic E-state index is 14.4. The molecule has 2 aliphatic heterocycles. The predicted octanol–water partition coefficient (Wildman–Crippen LogP) is 6.21. The van der Waals surface area contributed by atoms with Crippen molar-refractivity contribution in [3.8, 4) is 11.5 Å². The fraction of sp³-hybridized carbons (Fsp3) is 0.300. The van der Waals surface area contributed by atoms with Gasteiger partial charge in [-0.2, -0.15) is 13.2 Å². The first-order chi connectivity index (χ1) is 19.7. The lowest BCUT2D eigenvalue weighted by Gasteiger charge is -2.42. The van der Waals surface area contributed by atoms with E-state index < -0.39 is 47.2 Å². The summed E-state index contributed by atoms with van der Waals surface area (Å²) < 4.78 is 57.2. The van der Waals surface area contributed by atoms with Gasteiger partial charge >= 0.3 is 12.1 Å². The van der Waals surface area contributed by atoms with Gasteiger partial charge in [0.05, 0.1) is 12.2 Å². The number of fused-ring (bicyclic) bond motifs is 1. The Morgan fingerprint density at radius 3 is 2.59 bits per heavy atom. The Morgan fingerprint density at radius 1 is 1.05 bits per heavy atom. The molecule has 6 rings (SSSR count). The van der Waals surface area contributed by atoms with Gasteiger partial charge in [0.15, 0.2) is 17.3 Å². The second-order valence-electron chi connectivity index (χ2n) is 9.93. The van der Waals surface area contributed by atoms with E-state index in [0.717, 1.165) is 17.0 Å². The van der Waals surface area contributed by atoms with Gasteiger partial charge in [0.1, 0.15) is 5.92 Å². The number of allylic oxidation sites excluding steroid dienone is 2. The fourth-order valence-electron chi connectivity index (χ4n) is 5.84. The van der Waals surface area contributed by atoms with Crippen LogP contribution in [0.4, 0.5) is 18.9 Å². The number of amides is 1. The van der Waals surface area contributed by atoms with Crippen LogP contribution in [0.2, 0.25) is 0 Å². The molecular weight excluding hydrogens is 559 g/mol. The molecule has 0 spiro atoms. The van der Waals surface area contributed by atoms with Gasteiger partial charge in [0.2, 0.25) is 12.7 Å². The molecule has 3 atom stereocenters. The number of anilines is 1. The van der Waals surface area contributed by atoms with Crippen molar-refractivity contribution in [1.82, 2.24) is 0 Å². The first-order valence-corrected chi connectivity index (χ1v) is 13.9. The van der Waals surface area contributed by atoms with Gasteiger partial charge in [-0.3, -0.25) is 19.3 Å². The zero-order valence-electron chi connectivity index (χ0n) is 21.8. The Bertz CT molecular complexity index is 1560. The minimum atomic E-state index is -4.63. The number of benzene rings is 2. The molecule has 0 saturated carbocycles. The van der Waals surface area contributed by atoms with Crippen molar-refractivity contribution in [1.29, 1.82) is 0 Å². The van der Waals surface area contributed by atoms with Crippen LogP contribution in [0.15, 0.2) is 71.2 Å². The Morgan fingerprint density at radius 2 is 1.85 bits per heavy atom. The van der Waals surface area contributed by atoms with Crippen molar-refractivity contribution in [2.75, 3.05) is 18.3 Å². The monoisotopic (exact) mass is 583 g/mol. The van der Waals surface area contributed by atoms with E-state index in [-0.39, 0.29) is 43.2 Å². The maximum absolute atomic E-state index is 14.4. The van der Waals surface area contributed by atoms with Crippen molar-refractivity contribution in [2.45, 2.75) is 37.8 Å². The zero-order valence-corrected chi connectivity index (χ0v) is 22.6. The number of hydrogen-bond acceptors (Lipinski definition) is 7. The summed E-state index contributed by atoms with van der Waals surface area (Å²) in [6, 6.07) is 13.2. The molecule has 0 radical (unpaired) electrons. The van der Waals surface area contributed by atoms with Crippen LogP contribution in [-0.2, 0) is 25.3 Å². The maximum Gasteiger partial charge on any atom is 0.416 e. The molecule has 11 heteroatoms. The third-order valence-electron chi connectivity index (χ3n) is 7.60. The summed E-state index contributed by atoms with van der Waals surface area (Å²) in [5, 5.41) is 1.82. The minimum absolute atomic E-state index is 0.00813. The number of esters is 1. The highest BCUT2D eigenvalue weighted by atomic mass is 32.1. The fourth-order valence-corrected chi connectivity index (χ4v) is 6.70. The van der Waals surface area contributed by atoms with E-state index >= 15 is 0 Å². The largest absolute Gasteiger partial charge is 0.465 e. The molecule has 212 valence electrons. The van der Waals surface area contributed by atoms with E-state index in [2.05, 4.69) is 0 Å². The Hall–Kier alpha value is -4.12. The quantitative estimate of drug-likeness (QED) is 0.263. The van der Waals surface area contributed by atoms with Gasteiger partial charge < -0.3 is 14.2 Å². The highest BCUT2D eigenvalue weighted by Crippen LogP contribution is 2.51. The molecule has 0 bridgehead atoms. The van der Waals surface area contributed by atoms with Crippen LogP contribution in [0.5, 0.6) is 11.5 Å². The van der Waals surface area contributed by atoms with Crippen LogP contribution in [0, 0.1) is 5.92 Å². The SMILES string of the molecule is CCOC(=O)[C@@H]1C(=O)C2=C(C[C@H]1c1cccs1)N(c1cccc(C(F)(F)F)c1)C(=O)C[C@@H]2c1ccc2c(c1)OCO2. The van der Waals surface area contributed by atoms with E-state index in [0.29, 0.717) is 17.1 Å². The molecular formula is C30H24F3NO6S. The van der Waals surface area contributed by atoms with Gasteiger partial charge in [0.25, 0.3) is 0 Å². The Kier molecular flexibility index (Phi) is 6.85. The normalized spacial score (nSPS) is 22.1. The average Bonchev–Trinajstić information content (AvgIpc) is 3.64. The first-order valence-electron chi connectivity index (χ1n) is 13.0. The number of carbonyl (C=O) groups is 3. The summed E-state index contributed by atoms with van der Waals surface area (Å²) in [6.07, 6.45) is -4.74. The molecule has 0 saturated heterocycles. The van der Waals surface area contributed by atoms with Gasteiger partial charge in [-0.15, -0.1) is 11.3 Å². The molecule has 41 heavy (non-hydrogen) atoms. The molecule has 0 unspecified atom stereocenters. The topological polar surface area (TPSA) is 82.1 Å². The van der Waals surface area contributed by atoms with Gasteiger partial charge in [-0.25, -0.2) is 0 Å². The van der Waals surface area contributed by atoms with E-state index in [1.165, 1.54) is 28.4 Å². The number of Topliss-reactive ketones (excluding diaryl/α,β-unsaturated/α-hetero) is 1. The number of rotatable bonds is 5. The van der Waals surface area contributed by atoms with Crippen LogP contribution in [0.3, 0.4) is 0 Å². The van der Waals surface area contributed by atoms with Crippen molar-refractivity contribution in [2.24, 2.45) is 5.92 Å². The van der Waals surface area contributed by atoms with Crippen LogP contribution in [0.25, 0.3) is 0 Å². The summed E-state index contributed by atoms with van der Waals surface area (Å²) in [7, 11) is 0.